The normalized spacial score (nSPS) is 13.1. The summed E-state index contributed by atoms with van der Waals surface area (Å²) in [7, 11) is 0. The fourth-order valence-corrected chi connectivity index (χ4v) is 3.45. The average Bonchev–Trinajstić information content (AvgIpc) is 3.19. The van der Waals surface area contributed by atoms with E-state index in [9.17, 15) is 9.59 Å². The lowest BCUT2D eigenvalue weighted by Gasteiger charge is -2.29. The van der Waals surface area contributed by atoms with Gasteiger partial charge < -0.3 is 19.7 Å². The van der Waals surface area contributed by atoms with Crippen LogP contribution >= 0.6 is 15.9 Å². The number of likely N-dealkylation sites (N-methyl/N-ethyl adjacent to an activating group) is 1. The minimum absolute atomic E-state index is 0.0654. The molecule has 1 unspecified atom stereocenters. The number of aryl methyl sites for hydroxylation is 1. The summed E-state index contributed by atoms with van der Waals surface area (Å²) in [6.45, 7) is 4.77. The molecule has 1 N–H and O–H groups in total. The van der Waals surface area contributed by atoms with E-state index in [4.69, 9.17) is 9.47 Å². The lowest BCUT2D eigenvalue weighted by Crippen LogP contribution is -2.47. The number of carbonyl (C=O) groups excluding carboxylic acids is 2. The first-order chi connectivity index (χ1) is 14.0. The molecule has 0 bridgehead atoms. The van der Waals surface area contributed by atoms with E-state index in [1.54, 1.807) is 11.8 Å². The number of ether oxygens (including phenoxy) is 2. The van der Waals surface area contributed by atoms with Crippen molar-refractivity contribution in [3.63, 3.8) is 0 Å². The van der Waals surface area contributed by atoms with E-state index in [0.29, 0.717) is 31.7 Å². The van der Waals surface area contributed by atoms with Gasteiger partial charge in [0.25, 0.3) is 0 Å². The predicted molar refractivity (Wildman–Crippen MR) is 114 cm³/mol. The molecule has 29 heavy (non-hydrogen) atoms. The van der Waals surface area contributed by atoms with Crippen LogP contribution in [0.1, 0.15) is 31.4 Å². The number of halogens is 1. The van der Waals surface area contributed by atoms with E-state index in [2.05, 4.69) is 21.2 Å². The molecule has 0 spiro atoms. The molecule has 0 fully saturated rings. The maximum Gasteiger partial charge on any atom is 0.242 e. The summed E-state index contributed by atoms with van der Waals surface area (Å²) in [5.74, 6) is 1.21. The van der Waals surface area contributed by atoms with Crippen molar-refractivity contribution in [2.24, 2.45) is 0 Å². The quantitative estimate of drug-likeness (QED) is 0.652. The third-order valence-corrected chi connectivity index (χ3v) is 5.38. The van der Waals surface area contributed by atoms with Crippen molar-refractivity contribution in [1.82, 2.24) is 10.2 Å². The molecule has 3 rings (SSSR count). The number of amides is 2. The van der Waals surface area contributed by atoms with Crippen LogP contribution in [0.3, 0.4) is 0 Å². The van der Waals surface area contributed by atoms with Gasteiger partial charge in [0.1, 0.15) is 6.04 Å². The minimum Gasteiger partial charge on any atom is -0.454 e. The molecule has 2 aromatic carbocycles. The zero-order valence-electron chi connectivity index (χ0n) is 16.6. The smallest absolute Gasteiger partial charge is 0.242 e. The van der Waals surface area contributed by atoms with Crippen LogP contribution in [-0.2, 0) is 22.6 Å². The van der Waals surface area contributed by atoms with Gasteiger partial charge in [0.05, 0.1) is 0 Å². The summed E-state index contributed by atoms with van der Waals surface area (Å²) in [5.41, 5.74) is 1.97. The first-order valence-corrected chi connectivity index (χ1v) is 10.5. The molecule has 154 valence electrons. The standard InChI is InChI=1S/C22H25BrN2O4/c1-3-24-22(27)15(2)25(13-17-4-8-18(23)9-5-17)21(26)11-7-16-6-10-19-20(12-16)29-14-28-19/h4-6,8-10,12,15H,3,7,11,13-14H2,1-2H3,(H,24,27). The van der Waals surface area contributed by atoms with E-state index in [1.807, 2.05) is 49.4 Å². The summed E-state index contributed by atoms with van der Waals surface area (Å²) in [4.78, 5) is 27.1. The van der Waals surface area contributed by atoms with Crippen molar-refractivity contribution in [1.29, 1.82) is 0 Å². The van der Waals surface area contributed by atoms with Crippen LogP contribution in [0.5, 0.6) is 11.5 Å². The molecule has 1 heterocycles. The number of benzene rings is 2. The number of fused-ring (bicyclic) bond motifs is 1. The molecule has 0 radical (unpaired) electrons. The summed E-state index contributed by atoms with van der Waals surface area (Å²) >= 11 is 3.42. The Bertz CT molecular complexity index is 870. The lowest BCUT2D eigenvalue weighted by molar-refractivity contribution is -0.140. The van der Waals surface area contributed by atoms with Gasteiger partial charge in [0.15, 0.2) is 11.5 Å². The molecule has 2 aromatic rings. The first kappa shape index (κ1) is 21.2. The van der Waals surface area contributed by atoms with Crippen molar-refractivity contribution in [2.45, 2.75) is 39.3 Å². The van der Waals surface area contributed by atoms with E-state index < -0.39 is 6.04 Å². The van der Waals surface area contributed by atoms with Gasteiger partial charge in [-0.05, 0) is 55.7 Å². The van der Waals surface area contributed by atoms with Crippen molar-refractivity contribution in [3.05, 3.63) is 58.1 Å². The second-order valence-electron chi connectivity index (χ2n) is 6.91. The Morgan fingerprint density at radius 3 is 2.52 bits per heavy atom. The van der Waals surface area contributed by atoms with Crippen molar-refractivity contribution in [3.8, 4) is 11.5 Å². The highest BCUT2D eigenvalue weighted by molar-refractivity contribution is 9.10. The number of rotatable bonds is 8. The van der Waals surface area contributed by atoms with E-state index in [1.165, 1.54) is 0 Å². The Hall–Kier alpha value is -2.54. The SMILES string of the molecule is CCNC(=O)C(C)N(Cc1ccc(Br)cc1)C(=O)CCc1ccc2c(c1)OCO2. The van der Waals surface area contributed by atoms with Gasteiger partial charge in [-0.2, -0.15) is 0 Å². The van der Waals surface area contributed by atoms with Crippen LogP contribution in [0.25, 0.3) is 0 Å². The third kappa shape index (κ3) is 5.50. The topological polar surface area (TPSA) is 67.9 Å². The van der Waals surface area contributed by atoms with E-state index >= 15 is 0 Å². The second kappa shape index (κ2) is 9.78. The second-order valence-corrected chi connectivity index (χ2v) is 7.82. The predicted octanol–water partition coefficient (Wildman–Crippen LogP) is 3.66. The fraction of sp³-hybridized carbons (Fsp3) is 0.364. The third-order valence-electron chi connectivity index (χ3n) is 4.85. The molecule has 0 aliphatic carbocycles. The van der Waals surface area contributed by atoms with Crippen LogP contribution in [0.4, 0.5) is 0 Å². The average molecular weight is 461 g/mol. The molecule has 1 aliphatic rings. The van der Waals surface area contributed by atoms with E-state index in [-0.39, 0.29) is 18.6 Å². The summed E-state index contributed by atoms with van der Waals surface area (Å²) < 4.78 is 11.7. The monoisotopic (exact) mass is 460 g/mol. The highest BCUT2D eigenvalue weighted by Gasteiger charge is 2.25. The highest BCUT2D eigenvalue weighted by Crippen LogP contribution is 2.32. The van der Waals surface area contributed by atoms with Crippen LogP contribution in [0, 0.1) is 0 Å². The Kier molecular flexibility index (Phi) is 7.14. The molecule has 1 atom stereocenters. The van der Waals surface area contributed by atoms with Gasteiger partial charge >= 0.3 is 0 Å². The Morgan fingerprint density at radius 1 is 1.10 bits per heavy atom. The summed E-state index contributed by atoms with van der Waals surface area (Å²) in [6.07, 6.45) is 0.869. The maximum absolute atomic E-state index is 13.1. The summed E-state index contributed by atoms with van der Waals surface area (Å²) in [5, 5.41) is 2.81. The van der Waals surface area contributed by atoms with Crippen LogP contribution < -0.4 is 14.8 Å². The number of nitrogens with one attached hydrogen (secondary N) is 1. The molecule has 1 aliphatic heterocycles. The molecule has 7 heteroatoms. The van der Waals surface area contributed by atoms with Crippen molar-refractivity contribution >= 4 is 27.7 Å². The molecular formula is C22H25BrN2O4. The number of hydrogen-bond donors (Lipinski definition) is 1. The molecule has 6 nitrogen and oxygen atoms in total. The van der Waals surface area contributed by atoms with Gasteiger partial charge in [-0.3, -0.25) is 9.59 Å². The zero-order chi connectivity index (χ0) is 20.8. The number of carbonyl (C=O) groups is 2. The molecule has 0 saturated carbocycles. The maximum atomic E-state index is 13.1. The van der Waals surface area contributed by atoms with Crippen LogP contribution in [0.15, 0.2) is 46.9 Å². The Morgan fingerprint density at radius 2 is 1.79 bits per heavy atom. The Balaban J connectivity index is 1.70. The Labute approximate surface area is 179 Å². The minimum atomic E-state index is -0.553. The van der Waals surface area contributed by atoms with Crippen LogP contribution in [-0.4, -0.2) is 36.1 Å². The van der Waals surface area contributed by atoms with Crippen molar-refractivity contribution < 1.29 is 19.1 Å². The highest BCUT2D eigenvalue weighted by atomic mass is 79.9. The molecule has 2 amide bonds. The van der Waals surface area contributed by atoms with Gasteiger partial charge in [-0.25, -0.2) is 0 Å². The van der Waals surface area contributed by atoms with Gasteiger partial charge in [0, 0.05) is 24.0 Å². The van der Waals surface area contributed by atoms with Gasteiger partial charge in [-0.1, -0.05) is 34.1 Å². The first-order valence-electron chi connectivity index (χ1n) is 9.68. The number of hydrogen-bond acceptors (Lipinski definition) is 4. The van der Waals surface area contributed by atoms with Crippen molar-refractivity contribution in [2.75, 3.05) is 13.3 Å². The largest absolute Gasteiger partial charge is 0.454 e. The summed E-state index contributed by atoms with van der Waals surface area (Å²) in [6, 6.07) is 12.9. The lowest BCUT2D eigenvalue weighted by atomic mass is 10.1. The molecule has 0 saturated heterocycles. The fourth-order valence-electron chi connectivity index (χ4n) is 3.18. The molecule has 0 aromatic heterocycles. The zero-order valence-corrected chi connectivity index (χ0v) is 18.2. The van der Waals surface area contributed by atoms with Crippen LogP contribution in [0.2, 0.25) is 0 Å². The number of nitrogens with zero attached hydrogens (tertiary/aromatic N) is 1. The van der Waals surface area contributed by atoms with Gasteiger partial charge in [-0.15, -0.1) is 0 Å². The van der Waals surface area contributed by atoms with Gasteiger partial charge in [0.2, 0.25) is 18.6 Å². The molecular weight excluding hydrogens is 436 g/mol. The van der Waals surface area contributed by atoms with E-state index in [0.717, 1.165) is 21.3 Å².